The van der Waals surface area contributed by atoms with E-state index in [1.807, 2.05) is 6.92 Å². The van der Waals surface area contributed by atoms with Gasteiger partial charge in [-0.05, 0) is 30.5 Å². The summed E-state index contributed by atoms with van der Waals surface area (Å²) in [6.07, 6.45) is -0.0814. The highest BCUT2D eigenvalue weighted by molar-refractivity contribution is 5.76. The van der Waals surface area contributed by atoms with Gasteiger partial charge >= 0.3 is 5.97 Å². The fourth-order valence-corrected chi connectivity index (χ4v) is 2.07. The molecule has 1 atom stereocenters. The van der Waals surface area contributed by atoms with Crippen molar-refractivity contribution in [1.82, 2.24) is 0 Å². The number of hydrogen-bond donors (Lipinski definition) is 1. The van der Waals surface area contributed by atoms with Crippen molar-refractivity contribution in [2.45, 2.75) is 19.3 Å². The zero-order valence-corrected chi connectivity index (χ0v) is 10.9. The second-order valence-electron chi connectivity index (χ2n) is 4.72. The largest absolute Gasteiger partial charge is 0.481 e. The van der Waals surface area contributed by atoms with Gasteiger partial charge in [-0.1, -0.05) is 42.0 Å². The van der Waals surface area contributed by atoms with E-state index in [1.165, 1.54) is 12.1 Å². The first-order valence-electron chi connectivity index (χ1n) is 6.21. The highest BCUT2D eigenvalue weighted by Crippen LogP contribution is 2.24. The molecule has 0 aliphatic carbocycles. The third kappa shape index (κ3) is 3.02. The summed E-state index contributed by atoms with van der Waals surface area (Å²) in [7, 11) is 0. The van der Waals surface area contributed by atoms with Crippen LogP contribution in [0.4, 0.5) is 8.78 Å². The van der Waals surface area contributed by atoms with Gasteiger partial charge in [0.1, 0.15) is 0 Å². The van der Waals surface area contributed by atoms with E-state index in [0.29, 0.717) is 5.56 Å². The van der Waals surface area contributed by atoms with Crippen molar-refractivity contribution in [3.63, 3.8) is 0 Å². The Balaban J connectivity index is 2.33. The van der Waals surface area contributed by atoms with E-state index in [-0.39, 0.29) is 12.0 Å². The highest BCUT2D eigenvalue weighted by Gasteiger charge is 2.22. The highest BCUT2D eigenvalue weighted by atomic mass is 19.2. The standard InChI is InChI=1S/C16H14F2O2/c1-10-5-7-11(8-6-10)13(16(19)20)9-12-3-2-4-14(17)15(12)18/h2-8,13H,9H2,1H3,(H,19,20). The minimum Gasteiger partial charge on any atom is -0.481 e. The van der Waals surface area contributed by atoms with Crippen molar-refractivity contribution >= 4 is 5.97 Å². The number of carboxylic acid groups (broad SMARTS) is 1. The predicted octanol–water partition coefficient (Wildman–Crippen LogP) is 3.68. The van der Waals surface area contributed by atoms with Crippen molar-refractivity contribution in [2.75, 3.05) is 0 Å². The number of halogens is 2. The normalized spacial score (nSPS) is 12.2. The molecule has 104 valence electrons. The first-order valence-corrected chi connectivity index (χ1v) is 6.21. The molecule has 2 rings (SSSR count). The van der Waals surface area contributed by atoms with Gasteiger partial charge in [0.25, 0.3) is 0 Å². The Kier molecular flexibility index (Phi) is 4.13. The van der Waals surface area contributed by atoms with Crippen LogP contribution < -0.4 is 0 Å². The molecule has 1 unspecified atom stereocenters. The summed E-state index contributed by atoms with van der Waals surface area (Å²) in [4.78, 5) is 11.4. The van der Waals surface area contributed by atoms with Gasteiger partial charge in [-0.3, -0.25) is 4.79 Å². The molecule has 20 heavy (non-hydrogen) atoms. The van der Waals surface area contributed by atoms with Crippen LogP contribution in [0, 0.1) is 18.6 Å². The number of aryl methyl sites for hydroxylation is 1. The lowest BCUT2D eigenvalue weighted by molar-refractivity contribution is -0.138. The zero-order chi connectivity index (χ0) is 14.7. The average Bonchev–Trinajstić information content (AvgIpc) is 2.41. The Labute approximate surface area is 115 Å². The molecular weight excluding hydrogens is 262 g/mol. The average molecular weight is 276 g/mol. The minimum absolute atomic E-state index is 0.0676. The summed E-state index contributed by atoms with van der Waals surface area (Å²) in [6.45, 7) is 1.89. The summed E-state index contributed by atoms with van der Waals surface area (Å²) in [5, 5.41) is 9.30. The molecule has 1 N–H and O–H groups in total. The van der Waals surface area contributed by atoms with E-state index in [4.69, 9.17) is 0 Å². The molecule has 2 nitrogen and oxygen atoms in total. The molecule has 0 radical (unpaired) electrons. The van der Waals surface area contributed by atoms with E-state index in [1.54, 1.807) is 24.3 Å². The second kappa shape index (κ2) is 5.82. The number of aliphatic carboxylic acids is 1. The van der Waals surface area contributed by atoms with Gasteiger partial charge < -0.3 is 5.11 Å². The lowest BCUT2D eigenvalue weighted by Crippen LogP contribution is -2.15. The van der Waals surface area contributed by atoms with Gasteiger partial charge in [-0.25, -0.2) is 8.78 Å². The Morgan fingerprint density at radius 1 is 1.15 bits per heavy atom. The summed E-state index contributed by atoms with van der Waals surface area (Å²) in [6, 6.07) is 10.8. The molecule has 0 spiro atoms. The first kappa shape index (κ1) is 14.2. The number of benzene rings is 2. The molecule has 0 aromatic heterocycles. The fourth-order valence-electron chi connectivity index (χ4n) is 2.07. The van der Waals surface area contributed by atoms with E-state index in [2.05, 4.69) is 0 Å². The maximum absolute atomic E-state index is 13.6. The molecule has 0 saturated carbocycles. The number of carboxylic acids is 1. The second-order valence-corrected chi connectivity index (χ2v) is 4.72. The van der Waals surface area contributed by atoms with E-state index >= 15 is 0 Å². The molecule has 2 aromatic carbocycles. The lowest BCUT2D eigenvalue weighted by atomic mass is 9.91. The molecule has 0 amide bonds. The van der Waals surface area contributed by atoms with E-state index < -0.39 is 23.5 Å². The molecule has 0 aliphatic rings. The van der Waals surface area contributed by atoms with Gasteiger partial charge in [0.05, 0.1) is 5.92 Å². The third-order valence-electron chi connectivity index (χ3n) is 3.23. The van der Waals surface area contributed by atoms with Crippen LogP contribution in [0.3, 0.4) is 0 Å². The lowest BCUT2D eigenvalue weighted by Gasteiger charge is -2.14. The number of hydrogen-bond acceptors (Lipinski definition) is 1. The van der Waals surface area contributed by atoms with Crippen LogP contribution >= 0.6 is 0 Å². The zero-order valence-electron chi connectivity index (χ0n) is 10.9. The monoisotopic (exact) mass is 276 g/mol. The van der Waals surface area contributed by atoms with Gasteiger partial charge in [-0.15, -0.1) is 0 Å². The van der Waals surface area contributed by atoms with Crippen LogP contribution in [0.2, 0.25) is 0 Å². The molecule has 0 aliphatic heterocycles. The summed E-state index contributed by atoms with van der Waals surface area (Å²) in [5.41, 5.74) is 1.65. The van der Waals surface area contributed by atoms with Crippen molar-refractivity contribution < 1.29 is 18.7 Å². The maximum Gasteiger partial charge on any atom is 0.311 e. The Bertz CT molecular complexity index is 621. The molecule has 0 saturated heterocycles. The molecule has 0 fully saturated rings. The smallest absolute Gasteiger partial charge is 0.311 e. The van der Waals surface area contributed by atoms with Crippen molar-refractivity contribution in [1.29, 1.82) is 0 Å². The van der Waals surface area contributed by atoms with Crippen LogP contribution in [0.25, 0.3) is 0 Å². The van der Waals surface area contributed by atoms with Crippen LogP contribution in [0.15, 0.2) is 42.5 Å². The molecule has 0 bridgehead atoms. The van der Waals surface area contributed by atoms with E-state index in [9.17, 15) is 18.7 Å². The van der Waals surface area contributed by atoms with Crippen LogP contribution in [0.5, 0.6) is 0 Å². The van der Waals surface area contributed by atoms with Crippen molar-refractivity contribution in [3.05, 3.63) is 70.8 Å². The van der Waals surface area contributed by atoms with Crippen molar-refractivity contribution in [3.8, 4) is 0 Å². The Hall–Kier alpha value is -2.23. The van der Waals surface area contributed by atoms with Crippen LogP contribution in [-0.4, -0.2) is 11.1 Å². The van der Waals surface area contributed by atoms with Crippen LogP contribution in [0.1, 0.15) is 22.6 Å². The maximum atomic E-state index is 13.6. The number of rotatable bonds is 4. The molecule has 2 aromatic rings. The van der Waals surface area contributed by atoms with Gasteiger partial charge in [0.15, 0.2) is 11.6 Å². The van der Waals surface area contributed by atoms with Gasteiger partial charge in [0, 0.05) is 0 Å². The third-order valence-corrected chi connectivity index (χ3v) is 3.23. The topological polar surface area (TPSA) is 37.3 Å². The fraction of sp³-hybridized carbons (Fsp3) is 0.188. The van der Waals surface area contributed by atoms with Gasteiger partial charge in [-0.2, -0.15) is 0 Å². The first-order chi connectivity index (χ1) is 9.49. The molecule has 4 heteroatoms. The predicted molar refractivity (Wildman–Crippen MR) is 71.6 cm³/mol. The van der Waals surface area contributed by atoms with E-state index in [0.717, 1.165) is 11.6 Å². The Morgan fingerprint density at radius 2 is 1.80 bits per heavy atom. The van der Waals surface area contributed by atoms with Gasteiger partial charge in [0.2, 0.25) is 0 Å². The number of carbonyl (C=O) groups is 1. The molecule has 0 heterocycles. The van der Waals surface area contributed by atoms with Crippen molar-refractivity contribution in [2.24, 2.45) is 0 Å². The van der Waals surface area contributed by atoms with Crippen LogP contribution in [-0.2, 0) is 11.2 Å². The summed E-state index contributed by atoms with van der Waals surface area (Å²) in [5.74, 6) is -3.90. The summed E-state index contributed by atoms with van der Waals surface area (Å²) >= 11 is 0. The molecular formula is C16H14F2O2. The minimum atomic E-state index is -1.06. The quantitative estimate of drug-likeness (QED) is 0.924. The summed E-state index contributed by atoms with van der Waals surface area (Å²) < 4.78 is 26.8. The SMILES string of the molecule is Cc1ccc(C(Cc2cccc(F)c2F)C(=O)O)cc1. The Morgan fingerprint density at radius 3 is 2.40 bits per heavy atom.